The van der Waals surface area contributed by atoms with E-state index in [1.165, 1.54) is 0 Å². The Balaban J connectivity index is 2.31. The number of rotatable bonds is 4. The fourth-order valence-electron chi connectivity index (χ4n) is 2.32. The maximum atomic E-state index is 13.1. The van der Waals surface area contributed by atoms with E-state index < -0.39 is 24.5 Å². The number of nitrogens with one attached hydrogen (secondary N) is 1. The van der Waals surface area contributed by atoms with Crippen LogP contribution < -0.4 is 5.56 Å². The van der Waals surface area contributed by atoms with Gasteiger partial charge in [0.1, 0.15) is 12.2 Å². The van der Waals surface area contributed by atoms with E-state index in [1.807, 2.05) is 0 Å². The highest BCUT2D eigenvalue weighted by Gasteiger charge is 2.32. The Morgan fingerprint density at radius 1 is 1.55 bits per heavy atom. The van der Waals surface area contributed by atoms with Gasteiger partial charge in [0.15, 0.2) is 0 Å². The van der Waals surface area contributed by atoms with Gasteiger partial charge in [0, 0.05) is 22.9 Å². The number of carboxylic acid groups (broad SMARTS) is 1. The molecule has 0 saturated heterocycles. The Morgan fingerprint density at radius 2 is 2.25 bits per heavy atom. The third-order valence-corrected chi connectivity index (χ3v) is 3.28. The van der Waals surface area contributed by atoms with Crippen LogP contribution in [-0.2, 0) is 11.3 Å². The second-order valence-electron chi connectivity index (χ2n) is 4.82. The number of fused-ring (bicyclic) bond motifs is 1. The first-order valence-corrected chi connectivity index (χ1v) is 6.11. The number of pyridine rings is 1. The fraction of sp³-hybridized carbons (Fsp3) is 0.417. The van der Waals surface area contributed by atoms with Gasteiger partial charge in [0.2, 0.25) is 5.56 Å². The number of nitrogens with zero attached hydrogens (tertiary/aromatic N) is 2. The number of aliphatic carboxylic acids is 1. The first-order chi connectivity index (χ1) is 9.47. The van der Waals surface area contributed by atoms with Crippen molar-refractivity contribution in [3.05, 3.63) is 27.7 Å². The van der Waals surface area contributed by atoms with E-state index in [1.54, 1.807) is 0 Å². The summed E-state index contributed by atoms with van der Waals surface area (Å²) in [5.41, 5.74) is -0.575. The van der Waals surface area contributed by atoms with Crippen molar-refractivity contribution < 1.29 is 18.7 Å². The molecule has 0 atom stereocenters. The Labute approximate surface area is 111 Å². The molecule has 106 valence electrons. The highest BCUT2D eigenvalue weighted by Crippen LogP contribution is 2.43. The number of carbonyl (C=O) groups is 1. The predicted molar refractivity (Wildman–Crippen MR) is 64.9 cm³/mol. The molecule has 1 aliphatic carbocycles. The summed E-state index contributed by atoms with van der Waals surface area (Å²) < 4.78 is 27.3. The van der Waals surface area contributed by atoms with Crippen LogP contribution in [0, 0.1) is 0 Å². The monoisotopic (exact) mass is 283 g/mol. The van der Waals surface area contributed by atoms with Crippen LogP contribution in [0.15, 0.2) is 10.9 Å². The second-order valence-corrected chi connectivity index (χ2v) is 4.82. The maximum absolute atomic E-state index is 13.1. The molecular weight excluding hydrogens is 272 g/mol. The lowest BCUT2D eigenvalue weighted by molar-refractivity contribution is -0.137. The molecule has 0 aromatic carbocycles. The largest absolute Gasteiger partial charge is 0.480 e. The molecule has 0 bridgehead atoms. The number of aromatic amines is 1. The Bertz CT molecular complexity index is 746. The van der Waals surface area contributed by atoms with Crippen molar-refractivity contribution in [2.45, 2.75) is 31.7 Å². The summed E-state index contributed by atoms with van der Waals surface area (Å²) in [6.45, 7) is -0.480. The molecule has 2 aromatic rings. The molecule has 0 amide bonds. The van der Waals surface area contributed by atoms with Gasteiger partial charge >= 0.3 is 5.97 Å². The molecule has 0 radical (unpaired) electrons. The third-order valence-electron chi connectivity index (χ3n) is 3.28. The van der Waals surface area contributed by atoms with Crippen LogP contribution in [0.1, 0.15) is 36.4 Å². The molecule has 1 fully saturated rings. The van der Waals surface area contributed by atoms with Crippen LogP contribution in [0.2, 0.25) is 0 Å². The van der Waals surface area contributed by atoms with Crippen molar-refractivity contribution in [2.24, 2.45) is 0 Å². The van der Waals surface area contributed by atoms with Gasteiger partial charge in [-0.3, -0.25) is 9.59 Å². The highest BCUT2D eigenvalue weighted by atomic mass is 19.3. The normalized spacial score (nSPS) is 15.2. The number of hydrogen-bond acceptors (Lipinski definition) is 3. The van der Waals surface area contributed by atoms with Crippen LogP contribution in [-0.4, -0.2) is 25.8 Å². The minimum atomic E-state index is -2.81. The van der Waals surface area contributed by atoms with Gasteiger partial charge in [0.05, 0.1) is 5.69 Å². The predicted octanol–water partition coefficient (Wildman–Crippen LogP) is 1.62. The summed E-state index contributed by atoms with van der Waals surface area (Å²) >= 11 is 0. The van der Waals surface area contributed by atoms with Crippen LogP contribution in [0.25, 0.3) is 11.0 Å². The summed E-state index contributed by atoms with van der Waals surface area (Å²) in [6, 6.07) is 0.853. The lowest BCUT2D eigenvalue weighted by Crippen LogP contribution is -2.14. The van der Waals surface area contributed by atoms with Crippen LogP contribution in [0.3, 0.4) is 0 Å². The SMILES string of the molecule is O=C(O)Cn1nc(C2CC2)c2c(C(F)F)cc(=O)[nH]c21. The van der Waals surface area contributed by atoms with Crippen molar-refractivity contribution in [3.63, 3.8) is 0 Å². The highest BCUT2D eigenvalue weighted by molar-refractivity contribution is 5.84. The first-order valence-electron chi connectivity index (χ1n) is 6.11. The zero-order valence-corrected chi connectivity index (χ0v) is 10.3. The van der Waals surface area contributed by atoms with Crippen LogP contribution in [0.5, 0.6) is 0 Å². The van der Waals surface area contributed by atoms with Crippen LogP contribution in [0.4, 0.5) is 8.78 Å². The van der Waals surface area contributed by atoms with E-state index in [0.717, 1.165) is 23.6 Å². The summed E-state index contributed by atoms with van der Waals surface area (Å²) in [6.07, 6.45) is -1.14. The summed E-state index contributed by atoms with van der Waals surface area (Å²) in [4.78, 5) is 24.7. The zero-order chi connectivity index (χ0) is 14.4. The Kier molecular flexibility index (Phi) is 2.81. The number of aromatic nitrogens is 3. The number of alkyl halides is 2. The van der Waals surface area contributed by atoms with E-state index in [4.69, 9.17) is 5.11 Å². The average Bonchev–Trinajstić information content (AvgIpc) is 3.13. The van der Waals surface area contributed by atoms with Crippen LogP contribution >= 0.6 is 0 Å². The topological polar surface area (TPSA) is 88.0 Å². The maximum Gasteiger partial charge on any atom is 0.325 e. The molecule has 6 nitrogen and oxygen atoms in total. The minimum absolute atomic E-state index is 0.0529. The van der Waals surface area contributed by atoms with E-state index >= 15 is 0 Å². The quantitative estimate of drug-likeness (QED) is 0.892. The summed E-state index contributed by atoms with van der Waals surface area (Å²) in [7, 11) is 0. The summed E-state index contributed by atoms with van der Waals surface area (Å²) in [5, 5.41) is 13.1. The molecule has 2 N–H and O–H groups in total. The first kappa shape index (κ1) is 12.8. The average molecular weight is 283 g/mol. The van der Waals surface area contributed by atoms with Gasteiger partial charge in [0.25, 0.3) is 6.43 Å². The molecular formula is C12H11F2N3O3. The molecule has 2 heterocycles. The third kappa shape index (κ3) is 2.06. The standard InChI is InChI=1S/C12H11F2N3O3/c13-11(14)6-3-7(18)15-12-9(6)10(5-1-2-5)16-17(12)4-8(19)20/h3,5,11H,1-2,4H2,(H,15,18)(H,19,20). The number of halogens is 2. The fourth-order valence-corrected chi connectivity index (χ4v) is 2.32. The van der Waals surface area contributed by atoms with E-state index in [9.17, 15) is 18.4 Å². The van der Waals surface area contributed by atoms with E-state index in [0.29, 0.717) is 5.69 Å². The molecule has 3 rings (SSSR count). The van der Waals surface area contributed by atoms with Gasteiger partial charge in [-0.05, 0) is 12.8 Å². The molecule has 1 saturated carbocycles. The molecule has 0 unspecified atom stereocenters. The molecule has 0 spiro atoms. The number of hydrogen-bond donors (Lipinski definition) is 2. The molecule has 8 heteroatoms. The molecule has 2 aromatic heterocycles. The minimum Gasteiger partial charge on any atom is -0.480 e. The van der Waals surface area contributed by atoms with Crippen molar-refractivity contribution >= 4 is 17.0 Å². The van der Waals surface area contributed by atoms with Gasteiger partial charge in [-0.2, -0.15) is 5.10 Å². The molecule has 20 heavy (non-hydrogen) atoms. The van der Waals surface area contributed by atoms with E-state index in [2.05, 4.69) is 10.1 Å². The smallest absolute Gasteiger partial charge is 0.325 e. The van der Waals surface area contributed by atoms with Gasteiger partial charge in [-0.25, -0.2) is 13.5 Å². The Morgan fingerprint density at radius 3 is 2.80 bits per heavy atom. The van der Waals surface area contributed by atoms with E-state index in [-0.39, 0.29) is 22.5 Å². The second kappa shape index (κ2) is 4.39. The van der Waals surface area contributed by atoms with Gasteiger partial charge < -0.3 is 10.1 Å². The molecule has 0 aliphatic heterocycles. The Hall–Kier alpha value is -2.25. The van der Waals surface area contributed by atoms with Gasteiger partial charge in [-0.1, -0.05) is 0 Å². The van der Waals surface area contributed by atoms with Crippen molar-refractivity contribution in [3.8, 4) is 0 Å². The number of H-pyrrole nitrogens is 1. The lowest BCUT2D eigenvalue weighted by Gasteiger charge is -2.03. The lowest BCUT2D eigenvalue weighted by atomic mass is 10.1. The van der Waals surface area contributed by atoms with Gasteiger partial charge in [-0.15, -0.1) is 0 Å². The number of carboxylic acids is 1. The van der Waals surface area contributed by atoms with Crippen molar-refractivity contribution in [2.75, 3.05) is 0 Å². The molecule has 1 aliphatic rings. The summed E-state index contributed by atoms with van der Waals surface area (Å²) in [5.74, 6) is -1.09. The van der Waals surface area contributed by atoms with Crippen molar-refractivity contribution in [1.82, 2.24) is 14.8 Å². The van der Waals surface area contributed by atoms with Crippen molar-refractivity contribution in [1.29, 1.82) is 0 Å². The zero-order valence-electron chi connectivity index (χ0n) is 10.3.